The van der Waals surface area contributed by atoms with Crippen LogP contribution in [-0.2, 0) is 14.3 Å². The minimum absolute atomic E-state index is 0.0463. The number of urea groups is 1. The molecule has 2 N–H and O–H groups in total. The molecule has 1 aliphatic rings. The Morgan fingerprint density at radius 3 is 2.47 bits per heavy atom. The number of aliphatic carboxylic acids is 1. The molecule has 0 saturated carbocycles. The van der Waals surface area contributed by atoms with Crippen molar-refractivity contribution < 1.29 is 24.2 Å². The average molecular weight is 272 g/mol. The molecule has 7 heteroatoms. The molecule has 0 radical (unpaired) electrons. The van der Waals surface area contributed by atoms with Crippen LogP contribution in [0.4, 0.5) is 4.79 Å². The predicted molar refractivity (Wildman–Crippen MR) is 66.6 cm³/mol. The minimum atomic E-state index is -0.867. The van der Waals surface area contributed by atoms with E-state index in [1.807, 2.05) is 0 Å². The van der Waals surface area contributed by atoms with Gasteiger partial charge in [0.25, 0.3) is 0 Å². The fourth-order valence-corrected chi connectivity index (χ4v) is 2.03. The molecule has 0 aliphatic carbocycles. The van der Waals surface area contributed by atoms with Gasteiger partial charge in [0.2, 0.25) is 0 Å². The molecule has 0 bridgehead atoms. The van der Waals surface area contributed by atoms with Gasteiger partial charge in [0.15, 0.2) is 0 Å². The molecule has 2 amide bonds. The number of carboxylic acid groups (broad SMARTS) is 1. The molecule has 0 atom stereocenters. The van der Waals surface area contributed by atoms with Crippen LogP contribution in [0, 0.1) is 5.92 Å². The molecule has 0 aromatic heterocycles. The number of carboxylic acids is 1. The van der Waals surface area contributed by atoms with Gasteiger partial charge >= 0.3 is 18.0 Å². The summed E-state index contributed by atoms with van der Waals surface area (Å²) in [4.78, 5) is 35.0. The quantitative estimate of drug-likeness (QED) is 0.559. The van der Waals surface area contributed by atoms with Crippen molar-refractivity contribution in [2.24, 2.45) is 5.92 Å². The summed E-state index contributed by atoms with van der Waals surface area (Å²) in [5.41, 5.74) is 0. The van der Waals surface area contributed by atoms with E-state index in [2.05, 4.69) is 10.1 Å². The number of hydrogen-bond donors (Lipinski definition) is 2. The van der Waals surface area contributed by atoms with Gasteiger partial charge in [-0.05, 0) is 19.3 Å². The highest BCUT2D eigenvalue weighted by Gasteiger charge is 2.27. The summed E-state index contributed by atoms with van der Waals surface area (Å²) < 4.78 is 4.67. The molecule has 0 aromatic carbocycles. The Morgan fingerprint density at radius 1 is 1.32 bits per heavy atom. The number of carbonyl (C=O) groups is 3. The van der Waals surface area contributed by atoms with Crippen LogP contribution in [0.2, 0.25) is 0 Å². The van der Waals surface area contributed by atoms with E-state index in [4.69, 9.17) is 5.11 Å². The van der Waals surface area contributed by atoms with Crippen molar-refractivity contribution in [2.75, 3.05) is 26.7 Å². The van der Waals surface area contributed by atoms with E-state index in [-0.39, 0.29) is 24.3 Å². The van der Waals surface area contributed by atoms with Gasteiger partial charge in [-0.3, -0.25) is 9.59 Å². The average Bonchev–Trinajstić information content (AvgIpc) is 2.42. The number of methoxy groups -OCH3 is 1. The minimum Gasteiger partial charge on any atom is -0.481 e. The van der Waals surface area contributed by atoms with Gasteiger partial charge in [0, 0.05) is 26.1 Å². The zero-order valence-corrected chi connectivity index (χ0v) is 11.1. The van der Waals surface area contributed by atoms with Crippen LogP contribution < -0.4 is 5.32 Å². The maximum absolute atomic E-state index is 11.7. The first-order valence-electron chi connectivity index (χ1n) is 6.37. The number of rotatable bonds is 5. The Hall–Kier alpha value is -1.79. The Bertz CT molecular complexity index is 337. The van der Waals surface area contributed by atoms with Crippen molar-refractivity contribution in [1.82, 2.24) is 10.2 Å². The van der Waals surface area contributed by atoms with Crippen molar-refractivity contribution in [3.8, 4) is 0 Å². The van der Waals surface area contributed by atoms with Crippen molar-refractivity contribution >= 4 is 18.0 Å². The first-order chi connectivity index (χ1) is 9.04. The number of carbonyl (C=O) groups excluding carboxylic acids is 2. The molecule has 19 heavy (non-hydrogen) atoms. The molecule has 1 aliphatic heterocycles. The molecular formula is C12H20N2O5. The highest BCUT2D eigenvalue weighted by Crippen LogP contribution is 2.18. The lowest BCUT2D eigenvalue weighted by Crippen LogP contribution is -2.45. The SMILES string of the molecule is COC(=O)C1CCN(C(=O)NCCCC(=O)O)CC1. The van der Waals surface area contributed by atoms with E-state index >= 15 is 0 Å². The monoisotopic (exact) mass is 272 g/mol. The van der Waals surface area contributed by atoms with E-state index in [0.717, 1.165) is 0 Å². The Kier molecular flexibility index (Phi) is 6.11. The van der Waals surface area contributed by atoms with Crippen LogP contribution >= 0.6 is 0 Å². The number of nitrogens with zero attached hydrogens (tertiary/aromatic N) is 1. The second kappa shape index (κ2) is 7.60. The number of hydrogen-bond acceptors (Lipinski definition) is 4. The van der Waals surface area contributed by atoms with Crippen molar-refractivity contribution in [1.29, 1.82) is 0 Å². The predicted octanol–water partition coefficient (Wildman–Crippen LogP) is 0.446. The van der Waals surface area contributed by atoms with E-state index < -0.39 is 5.97 Å². The fourth-order valence-electron chi connectivity index (χ4n) is 2.03. The van der Waals surface area contributed by atoms with Crippen LogP contribution in [0.25, 0.3) is 0 Å². The Labute approximate surface area is 111 Å². The highest BCUT2D eigenvalue weighted by atomic mass is 16.5. The number of piperidine rings is 1. The molecule has 108 valence electrons. The molecule has 1 heterocycles. The van der Waals surface area contributed by atoms with Gasteiger partial charge in [-0.1, -0.05) is 0 Å². The molecule has 1 rings (SSSR count). The van der Waals surface area contributed by atoms with E-state index in [9.17, 15) is 14.4 Å². The second-order valence-corrected chi connectivity index (χ2v) is 4.51. The van der Waals surface area contributed by atoms with Gasteiger partial charge in [-0.25, -0.2) is 4.79 Å². The van der Waals surface area contributed by atoms with Crippen molar-refractivity contribution in [2.45, 2.75) is 25.7 Å². The molecular weight excluding hydrogens is 252 g/mol. The lowest BCUT2D eigenvalue weighted by Gasteiger charge is -2.30. The first-order valence-corrected chi connectivity index (χ1v) is 6.37. The van der Waals surface area contributed by atoms with Crippen LogP contribution in [0.5, 0.6) is 0 Å². The first kappa shape index (κ1) is 15.3. The summed E-state index contributed by atoms with van der Waals surface area (Å²) in [6.45, 7) is 1.39. The van der Waals surface area contributed by atoms with Crippen LogP contribution in [-0.4, -0.2) is 54.7 Å². The summed E-state index contributed by atoms with van der Waals surface area (Å²) in [5.74, 6) is -1.21. The summed E-state index contributed by atoms with van der Waals surface area (Å²) in [7, 11) is 1.36. The third-order valence-corrected chi connectivity index (χ3v) is 3.16. The van der Waals surface area contributed by atoms with Gasteiger partial charge in [0.1, 0.15) is 0 Å². The molecule has 1 saturated heterocycles. The molecule has 0 spiro atoms. The number of amides is 2. The third-order valence-electron chi connectivity index (χ3n) is 3.16. The van der Waals surface area contributed by atoms with Crippen LogP contribution in [0.3, 0.4) is 0 Å². The van der Waals surface area contributed by atoms with Gasteiger partial charge in [0.05, 0.1) is 13.0 Å². The van der Waals surface area contributed by atoms with Crippen molar-refractivity contribution in [3.05, 3.63) is 0 Å². The molecule has 0 aromatic rings. The maximum atomic E-state index is 11.7. The lowest BCUT2D eigenvalue weighted by molar-refractivity contribution is -0.146. The number of likely N-dealkylation sites (tertiary alicyclic amines) is 1. The summed E-state index contributed by atoms with van der Waals surface area (Å²) in [6, 6.07) is -0.200. The van der Waals surface area contributed by atoms with E-state index in [0.29, 0.717) is 38.9 Å². The summed E-state index contributed by atoms with van der Waals surface area (Å²) >= 11 is 0. The summed E-state index contributed by atoms with van der Waals surface area (Å²) in [5, 5.41) is 11.1. The zero-order chi connectivity index (χ0) is 14.3. The Morgan fingerprint density at radius 2 is 1.95 bits per heavy atom. The number of nitrogens with one attached hydrogen (secondary N) is 1. The fraction of sp³-hybridized carbons (Fsp3) is 0.750. The van der Waals surface area contributed by atoms with Gasteiger partial charge < -0.3 is 20.1 Å². The number of ether oxygens (including phenoxy) is 1. The maximum Gasteiger partial charge on any atom is 0.317 e. The van der Waals surface area contributed by atoms with E-state index in [1.54, 1.807) is 4.90 Å². The van der Waals surface area contributed by atoms with Gasteiger partial charge in [-0.2, -0.15) is 0 Å². The standard InChI is InChI=1S/C12H20N2O5/c1-19-11(17)9-4-7-14(8-5-9)12(18)13-6-2-3-10(15)16/h9H,2-8H2,1H3,(H,13,18)(H,15,16). The molecule has 7 nitrogen and oxygen atoms in total. The largest absolute Gasteiger partial charge is 0.481 e. The summed E-state index contributed by atoms with van der Waals surface area (Å²) in [6.07, 6.45) is 1.68. The second-order valence-electron chi connectivity index (χ2n) is 4.51. The normalized spacial score (nSPS) is 15.9. The molecule has 1 fully saturated rings. The lowest BCUT2D eigenvalue weighted by atomic mass is 9.97. The van der Waals surface area contributed by atoms with E-state index in [1.165, 1.54) is 7.11 Å². The topological polar surface area (TPSA) is 95.9 Å². The van der Waals surface area contributed by atoms with Gasteiger partial charge in [-0.15, -0.1) is 0 Å². The zero-order valence-electron chi connectivity index (χ0n) is 11.1. The van der Waals surface area contributed by atoms with Crippen LogP contribution in [0.15, 0.2) is 0 Å². The Balaban J connectivity index is 2.21. The highest BCUT2D eigenvalue weighted by molar-refractivity contribution is 5.76. The molecule has 0 unspecified atom stereocenters. The number of esters is 1. The van der Waals surface area contributed by atoms with Crippen LogP contribution in [0.1, 0.15) is 25.7 Å². The smallest absolute Gasteiger partial charge is 0.317 e. The van der Waals surface area contributed by atoms with Crippen molar-refractivity contribution in [3.63, 3.8) is 0 Å². The third kappa shape index (κ3) is 5.15.